The molecule has 1 aromatic carbocycles. The third-order valence-electron chi connectivity index (χ3n) is 4.21. The molecule has 1 amide bonds. The fourth-order valence-electron chi connectivity index (χ4n) is 2.66. The van der Waals surface area contributed by atoms with Gasteiger partial charge in [-0.05, 0) is 37.5 Å². The van der Waals surface area contributed by atoms with Gasteiger partial charge in [-0.15, -0.1) is 0 Å². The number of carboxylic acids is 1. The summed E-state index contributed by atoms with van der Waals surface area (Å²) >= 11 is 0. The Bertz CT molecular complexity index is 522. The fraction of sp³-hybridized carbons (Fsp3) is 0.467. The van der Waals surface area contributed by atoms with Gasteiger partial charge in [0, 0.05) is 18.7 Å². The minimum absolute atomic E-state index is 0.236. The zero-order chi connectivity index (χ0) is 14.8. The molecular weight excluding hydrogens is 261 g/mol. The summed E-state index contributed by atoms with van der Waals surface area (Å²) in [7, 11) is 0. The summed E-state index contributed by atoms with van der Waals surface area (Å²) in [5, 5.41) is 9.31. The maximum atomic E-state index is 13.1. The highest BCUT2D eigenvalue weighted by atomic mass is 19.1. The number of carbonyl (C=O) groups excluding carboxylic acids is 1. The van der Waals surface area contributed by atoms with Crippen LogP contribution in [-0.4, -0.2) is 35.0 Å². The fourth-order valence-corrected chi connectivity index (χ4v) is 2.66. The minimum Gasteiger partial charge on any atom is -0.481 e. The number of hydrogen-bond acceptors (Lipinski definition) is 2. The molecule has 1 aliphatic heterocycles. The molecule has 0 radical (unpaired) electrons. The molecule has 0 aromatic heterocycles. The van der Waals surface area contributed by atoms with Crippen LogP contribution in [0, 0.1) is 11.2 Å². The lowest BCUT2D eigenvalue weighted by Crippen LogP contribution is -2.46. The van der Waals surface area contributed by atoms with Crippen molar-refractivity contribution in [2.24, 2.45) is 5.41 Å². The number of rotatable bonds is 3. The van der Waals surface area contributed by atoms with Crippen LogP contribution in [0.25, 0.3) is 0 Å². The molecule has 0 aliphatic carbocycles. The van der Waals surface area contributed by atoms with E-state index in [0.29, 0.717) is 37.9 Å². The molecule has 1 fully saturated rings. The highest BCUT2D eigenvalue weighted by Gasteiger charge is 2.40. The Balaban J connectivity index is 2.07. The largest absolute Gasteiger partial charge is 0.481 e. The summed E-state index contributed by atoms with van der Waals surface area (Å²) in [6.45, 7) is 2.66. The standard InChI is InChI=1S/C15H18FNO3/c1-2-15(14(19)20)6-8-17(9-7-15)13(18)11-4-3-5-12(16)10-11/h3-5,10H,2,6-9H2,1H3,(H,19,20). The Morgan fingerprint density at radius 1 is 1.35 bits per heavy atom. The summed E-state index contributed by atoms with van der Waals surface area (Å²) < 4.78 is 13.1. The Morgan fingerprint density at radius 2 is 2.00 bits per heavy atom. The average Bonchev–Trinajstić information content (AvgIpc) is 2.46. The molecule has 1 N–H and O–H groups in total. The zero-order valence-electron chi connectivity index (χ0n) is 11.4. The number of halogens is 1. The molecule has 0 saturated carbocycles. The number of carboxylic acid groups (broad SMARTS) is 1. The first-order valence-electron chi connectivity index (χ1n) is 6.77. The molecule has 0 bridgehead atoms. The van der Waals surface area contributed by atoms with Crippen LogP contribution in [0.2, 0.25) is 0 Å². The summed E-state index contributed by atoms with van der Waals surface area (Å²) in [5.41, 5.74) is -0.414. The van der Waals surface area contributed by atoms with Crippen LogP contribution >= 0.6 is 0 Å². The van der Waals surface area contributed by atoms with Crippen LogP contribution < -0.4 is 0 Å². The second-order valence-corrected chi connectivity index (χ2v) is 5.24. The van der Waals surface area contributed by atoms with Crippen LogP contribution in [0.3, 0.4) is 0 Å². The summed E-state index contributed by atoms with van der Waals surface area (Å²) in [6.07, 6.45) is 1.45. The molecule has 1 aliphatic rings. The van der Waals surface area contributed by atoms with Crippen molar-refractivity contribution in [1.82, 2.24) is 4.90 Å². The summed E-state index contributed by atoms with van der Waals surface area (Å²) in [4.78, 5) is 25.2. The molecule has 108 valence electrons. The number of amides is 1. The van der Waals surface area contributed by atoms with E-state index < -0.39 is 17.2 Å². The van der Waals surface area contributed by atoms with Gasteiger partial charge in [0.2, 0.25) is 0 Å². The Labute approximate surface area is 117 Å². The number of piperidine rings is 1. The van der Waals surface area contributed by atoms with Crippen molar-refractivity contribution >= 4 is 11.9 Å². The van der Waals surface area contributed by atoms with E-state index >= 15 is 0 Å². The van der Waals surface area contributed by atoms with Crippen molar-refractivity contribution in [3.8, 4) is 0 Å². The first kappa shape index (κ1) is 14.5. The molecule has 20 heavy (non-hydrogen) atoms. The number of benzene rings is 1. The SMILES string of the molecule is CCC1(C(=O)O)CCN(C(=O)c2cccc(F)c2)CC1. The molecule has 0 spiro atoms. The van der Waals surface area contributed by atoms with E-state index in [4.69, 9.17) is 0 Å². The van der Waals surface area contributed by atoms with Gasteiger partial charge in [-0.25, -0.2) is 4.39 Å². The third-order valence-corrected chi connectivity index (χ3v) is 4.21. The van der Waals surface area contributed by atoms with Gasteiger partial charge in [0.25, 0.3) is 5.91 Å². The van der Waals surface area contributed by atoms with E-state index in [2.05, 4.69) is 0 Å². The van der Waals surface area contributed by atoms with Gasteiger partial charge in [-0.1, -0.05) is 13.0 Å². The predicted molar refractivity (Wildman–Crippen MR) is 71.9 cm³/mol. The van der Waals surface area contributed by atoms with Crippen molar-refractivity contribution in [3.05, 3.63) is 35.6 Å². The molecule has 0 unspecified atom stereocenters. The van der Waals surface area contributed by atoms with Gasteiger partial charge in [-0.2, -0.15) is 0 Å². The number of carbonyl (C=O) groups is 2. The maximum absolute atomic E-state index is 13.1. The van der Waals surface area contributed by atoms with Crippen LogP contribution in [0.15, 0.2) is 24.3 Å². The van der Waals surface area contributed by atoms with Crippen LogP contribution in [0.1, 0.15) is 36.5 Å². The number of hydrogen-bond donors (Lipinski definition) is 1. The van der Waals surface area contributed by atoms with E-state index in [1.54, 1.807) is 11.0 Å². The third kappa shape index (κ3) is 2.66. The van der Waals surface area contributed by atoms with Crippen molar-refractivity contribution < 1.29 is 19.1 Å². The quantitative estimate of drug-likeness (QED) is 0.925. The molecule has 1 saturated heterocycles. The highest BCUT2D eigenvalue weighted by molar-refractivity contribution is 5.94. The van der Waals surface area contributed by atoms with Crippen LogP contribution in [0.4, 0.5) is 4.39 Å². The van der Waals surface area contributed by atoms with E-state index in [1.165, 1.54) is 18.2 Å². The minimum atomic E-state index is -0.794. The molecule has 0 atom stereocenters. The van der Waals surface area contributed by atoms with Gasteiger partial charge >= 0.3 is 5.97 Å². The van der Waals surface area contributed by atoms with Gasteiger partial charge < -0.3 is 10.0 Å². The topological polar surface area (TPSA) is 57.6 Å². The van der Waals surface area contributed by atoms with Crippen molar-refractivity contribution in [2.75, 3.05) is 13.1 Å². The Kier molecular flexibility index (Phi) is 4.06. The van der Waals surface area contributed by atoms with Gasteiger partial charge in [0.1, 0.15) is 5.82 Å². The van der Waals surface area contributed by atoms with E-state index in [-0.39, 0.29) is 5.91 Å². The summed E-state index contributed by atoms with van der Waals surface area (Å²) in [5.74, 6) is -1.47. The number of likely N-dealkylation sites (tertiary alicyclic amines) is 1. The van der Waals surface area contributed by atoms with E-state index in [0.717, 1.165) is 0 Å². The zero-order valence-corrected chi connectivity index (χ0v) is 11.4. The van der Waals surface area contributed by atoms with Crippen LogP contribution in [0.5, 0.6) is 0 Å². The normalized spacial score (nSPS) is 17.8. The van der Waals surface area contributed by atoms with Gasteiger partial charge in [-0.3, -0.25) is 9.59 Å². The highest BCUT2D eigenvalue weighted by Crippen LogP contribution is 2.35. The lowest BCUT2D eigenvalue weighted by atomic mass is 9.76. The van der Waals surface area contributed by atoms with E-state index in [1.807, 2.05) is 6.92 Å². The smallest absolute Gasteiger partial charge is 0.309 e. The lowest BCUT2D eigenvalue weighted by Gasteiger charge is -2.38. The monoisotopic (exact) mass is 279 g/mol. The molecule has 4 nitrogen and oxygen atoms in total. The molecule has 2 rings (SSSR count). The van der Waals surface area contributed by atoms with Crippen molar-refractivity contribution in [2.45, 2.75) is 26.2 Å². The molecule has 1 aromatic rings. The molecule has 5 heteroatoms. The number of aliphatic carboxylic acids is 1. The first-order valence-corrected chi connectivity index (χ1v) is 6.77. The average molecular weight is 279 g/mol. The Morgan fingerprint density at radius 3 is 2.50 bits per heavy atom. The second kappa shape index (κ2) is 5.61. The van der Waals surface area contributed by atoms with Crippen LogP contribution in [-0.2, 0) is 4.79 Å². The predicted octanol–water partition coefficient (Wildman–Crippen LogP) is 2.54. The number of nitrogens with zero attached hydrogens (tertiary/aromatic N) is 1. The second-order valence-electron chi connectivity index (χ2n) is 5.24. The first-order chi connectivity index (χ1) is 9.48. The van der Waals surface area contributed by atoms with Gasteiger partial charge in [0.15, 0.2) is 0 Å². The maximum Gasteiger partial charge on any atom is 0.309 e. The van der Waals surface area contributed by atoms with Gasteiger partial charge in [0.05, 0.1) is 5.41 Å². The lowest BCUT2D eigenvalue weighted by molar-refractivity contribution is -0.152. The van der Waals surface area contributed by atoms with Crippen molar-refractivity contribution in [1.29, 1.82) is 0 Å². The molecule has 1 heterocycles. The van der Waals surface area contributed by atoms with E-state index in [9.17, 15) is 19.1 Å². The summed E-state index contributed by atoms with van der Waals surface area (Å²) in [6, 6.07) is 5.57. The Hall–Kier alpha value is -1.91. The van der Waals surface area contributed by atoms with Crippen molar-refractivity contribution in [3.63, 3.8) is 0 Å². The molecular formula is C15H18FNO3.